The largest absolute Gasteiger partial charge is 0.348 e. The summed E-state index contributed by atoms with van der Waals surface area (Å²) in [5, 5.41) is 13.4. The van der Waals surface area contributed by atoms with Crippen molar-refractivity contribution < 1.29 is 0 Å². The SMILES string of the molecule is CC(C)(C)c1ccccc1.CC(C)(C)c1ccccn1.CC(C)(C)c1ccn[nH]1.CC(C)(C)c1ccncc1.CC(C)(C)c1cn[nH]c1.CC(C)(C)c1ncc[nH]1. The van der Waals surface area contributed by atoms with Gasteiger partial charge in [-0.15, -0.1) is 0 Å². The fourth-order valence-corrected chi connectivity index (χ4v) is 4.61. The average Bonchev–Trinajstić information content (AvgIpc) is 3.94. The summed E-state index contributed by atoms with van der Waals surface area (Å²) >= 11 is 0. The van der Waals surface area contributed by atoms with Crippen LogP contribution in [0.4, 0.5) is 0 Å². The van der Waals surface area contributed by atoms with Crippen molar-refractivity contribution in [2.45, 2.75) is 157 Å². The zero-order valence-electron chi connectivity index (χ0n) is 38.7. The van der Waals surface area contributed by atoms with E-state index in [-0.39, 0.29) is 27.1 Å². The zero-order chi connectivity index (χ0) is 43.6. The Morgan fingerprint density at radius 3 is 1.23 bits per heavy atom. The van der Waals surface area contributed by atoms with Crippen molar-refractivity contribution in [3.8, 4) is 0 Å². The Kier molecular flexibility index (Phi) is 19.5. The third-order valence-corrected chi connectivity index (χ3v) is 8.50. The number of benzene rings is 1. The van der Waals surface area contributed by atoms with Crippen molar-refractivity contribution >= 4 is 0 Å². The molecular formula is C49H76N8. The van der Waals surface area contributed by atoms with E-state index in [2.05, 4.69) is 213 Å². The Morgan fingerprint density at radius 1 is 0.421 bits per heavy atom. The van der Waals surface area contributed by atoms with Crippen LogP contribution in [0.2, 0.25) is 0 Å². The minimum atomic E-state index is 0.156. The summed E-state index contributed by atoms with van der Waals surface area (Å²) in [6, 6.07) is 22.7. The topological polar surface area (TPSA) is 112 Å². The van der Waals surface area contributed by atoms with Crippen LogP contribution in [0.25, 0.3) is 0 Å². The summed E-state index contributed by atoms with van der Waals surface area (Å²) in [5.41, 5.74) is 7.64. The van der Waals surface area contributed by atoms with E-state index >= 15 is 0 Å². The van der Waals surface area contributed by atoms with Gasteiger partial charge in [0.15, 0.2) is 0 Å². The molecule has 0 amide bonds. The molecule has 57 heavy (non-hydrogen) atoms. The van der Waals surface area contributed by atoms with Crippen molar-refractivity contribution in [2.75, 3.05) is 0 Å². The molecule has 0 aliphatic heterocycles. The Bertz CT molecular complexity index is 1600. The highest BCUT2D eigenvalue weighted by Gasteiger charge is 2.16. The summed E-state index contributed by atoms with van der Waals surface area (Å²) in [5.74, 6) is 1.04. The Labute approximate surface area is 346 Å². The molecule has 0 bridgehead atoms. The zero-order valence-corrected chi connectivity index (χ0v) is 38.7. The fraction of sp³-hybridized carbons (Fsp3) is 0.490. The fourth-order valence-electron chi connectivity index (χ4n) is 4.61. The Hall–Kier alpha value is -4.85. The van der Waals surface area contributed by atoms with Gasteiger partial charge in [0.2, 0.25) is 0 Å². The van der Waals surface area contributed by atoms with Crippen LogP contribution in [-0.2, 0) is 32.5 Å². The first-order valence-electron chi connectivity index (χ1n) is 20.0. The number of nitrogens with zero attached hydrogens (tertiary/aromatic N) is 5. The number of H-pyrrole nitrogens is 3. The lowest BCUT2D eigenvalue weighted by Crippen LogP contribution is -2.12. The van der Waals surface area contributed by atoms with E-state index in [1.54, 1.807) is 12.4 Å². The van der Waals surface area contributed by atoms with Gasteiger partial charge >= 0.3 is 0 Å². The summed E-state index contributed by atoms with van der Waals surface area (Å²) in [4.78, 5) is 15.4. The molecule has 8 nitrogen and oxygen atoms in total. The van der Waals surface area contributed by atoms with Gasteiger partial charge < -0.3 is 4.98 Å². The molecule has 3 N–H and O–H groups in total. The van der Waals surface area contributed by atoms with Gasteiger partial charge in [0.25, 0.3) is 0 Å². The molecule has 312 valence electrons. The second-order valence-corrected chi connectivity index (χ2v) is 20.2. The molecule has 5 heterocycles. The highest BCUT2D eigenvalue weighted by Crippen LogP contribution is 2.22. The first-order valence-corrected chi connectivity index (χ1v) is 20.0. The molecule has 0 atom stereocenters. The van der Waals surface area contributed by atoms with E-state index < -0.39 is 0 Å². The highest BCUT2D eigenvalue weighted by molar-refractivity contribution is 5.22. The van der Waals surface area contributed by atoms with E-state index in [0.717, 1.165) is 11.5 Å². The molecule has 0 saturated heterocycles. The Morgan fingerprint density at radius 2 is 0.965 bits per heavy atom. The van der Waals surface area contributed by atoms with Gasteiger partial charge in [0.05, 0.1) is 6.20 Å². The van der Waals surface area contributed by atoms with Crippen LogP contribution >= 0.6 is 0 Å². The van der Waals surface area contributed by atoms with Gasteiger partial charge in [-0.3, -0.25) is 20.2 Å². The maximum atomic E-state index is 4.25. The van der Waals surface area contributed by atoms with Gasteiger partial charge in [-0.1, -0.05) is 161 Å². The third kappa shape index (κ3) is 21.3. The monoisotopic (exact) mass is 777 g/mol. The number of aromatic nitrogens is 8. The third-order valence-electron chi connectivity index (χ3n) is 8.50. The van der Waals surface area contributed by atoms with Crippen molar-refractivity contribution in [2.24, 2.45) is 0 Å². The van der Waals surface area contributed by atoms with E-state index in [0.29, 0.717) is 5.41 Å². The normalized spacial score (nSPS) is 11.7. The lowest BCUT2D eigenvalue weighted by atomic mass is 9.87. The van der Waals surface area contributed by atoms with Crippen LogP contribution in [0.15, 0.2) is 116 Å². The Balaban J connectivity index is 0.000000342. The second kappa shape index (κ2) is 22.2. The first-order chi connectivity index (χ1) is 26.1. The van der Waals surface area contributed by atoms with Gasteiger partial charge in [-0.25, -0.2) is 4.98 Å². The summed E-state index contributed by atoms with van der Waals surface area (Å²) in [6.45, 7) is 39.1. The van der Waals surface area contributed by atoms with Crippen molar-refractivity contribution in [1.29, 1.82) is 0 Å². The quantitative estimate of drug-likeness (QED) is 0.142. The molecule has 0 aliphatic carbocycles. The molecule has 6 rings (SSSR count). The van der Waals surface area contributed by atoms with E-state index in [1.807, 2.05) is 55.4 Å². The number of nitrogens with one attached hydrogen (secondary N) is 3. The summed E-state index contributed by atoms with van der Waals surface area (Å²) in [6.07, 6.45) is 14.7. The van der Waals surface area contributed by atoms with Crippen LogP contribution in [-0.4, -0.2) is 40.3 Å². The van der Waals surface area contributed by atoms with Crippen LogP contribution in [0.5, 0.6) is 0 Å². The minimum absolute atomic E-state index is 0.156. The van der Waals surface area contributed by atoms with Crippen molar-refractivity contribution in [1.82, 2.24) is 40.3 Å². The highest BCUT2D eigenvalue weighted by atomic mass is 15.1. The van der Waals surface area contributed by atoms with E-state index in [1.165, 1.54) is 22.4 Å². The number of rotatable bonds is 0. The molecule has 6 aromatic rings. The number of aromatic amines is 3. The number of pyridine rings is 2. The van der Waals surface area contributed by atoms with Crippen LogP contribution < -0.4 is 0 Å². The molecule has 1 aromatic carbocycles. The lowest BCUT2D eigenvalue weighted by molar-refractivity contribution is 0.552. The van der Waals surface area contributed by atoms with Gasteiger partial charge in [-0.2, -0.15) is 10.2 Å². The lowest BCUT2D eigenvalue weighted by Gasteiger charge is -2.18. The summed E-state index contributed by atoms with van der Waals surface area (Å²) < 4.78 is 0. The molecule has 0 spiro atoms. The molecule has 0 fully saturated rings. The molecule has 0 radical (unpaired) electrons. The van der Waals surface area contributed by atoms with E-state index in [4.69, 9.17) is 0 Å². The molecular weight excluding hydrogens is 701 g/mol. The smallest absolute Gasteiger partial charge is 0.111 e. The summed E-state index contributed by atoms with van der Waals surface area (Å²) in [7, 11) is 0. The van der Waals surface area contributed by atoms with E-state index in [9.17, 15) is 0 Å². The predicted octanol–water partition coefficient (Wildman–Crippen LogP) is 12.9. The van der Waals surface area contributed by atoms with Crippen LogP contribution in [0.1, 0.15) is 159 Å². The average molecular weight is 777 g/mol. The van der Waals surface area contributed by atoms with Crippen LogP contribution in [0.3, 0.4) is 0 Å². The first kappa shape index (κ1) is 50.2. The van der Waals surface area contributed by atoms with Gasteiger partial charge in [0, 0.05) is 71.0 Å². The van der Waals surface area contributed by atoms with Crippen LogP contribution in [0, 0.1) is 0 Å². The molecule has 0 aliphatic rings. The molecule has 5 aromatic heterocycles. The van der Waals surface area contributed by atoms with Gasteiger partial charge in [-0.05, 0) is 63.3 Å². The van der Waals surface area contributed by atoms with Crippen molar-refractivity contribution in [3.05, 3.63) is 150 Å². The predicted molar refractivity (Wildman–Crippen MR) is 243 cm³/mol. The molecule has 8 heteroatoms. The molecule has 0 unspecified atom stereocenters. The van der Waals surface area contributed by atoms with Gasteiger partial charge in [0.1, 0.15) is 5.82 Å². The maximum Gasteiger partial charge on any atom is 0.111 e. The minimum Gasteiger partial charge on any atom is -0.348 e. The maximum absolute atomic E-state index is 4.25. The van der Waals surface area contributed by atoms with Crippen molar-refractivity contribution in [3.63, 3.8) is 0 Å². The molecule has 0 saturated carbocycles. The number of hydrogen-bond donors (Lipinski definition) is 3. The second-order valence-electron chi connectivity index (χ2n) is 20.2. The standard InChI is InChI=1S/C10H14.2C9H13N.3C7H12N2/c1-10(2,3)9-7-5-4-6-8-9;1-9(2,3)8-4-6-10-7-5-8;1-9(2,3)8-6-4-5-7-10-8;1-7(2,3)6-4-8-9-5-6;1-7(2,3)6-8-4-5-9-6;1-7(2,3)6-4-5-8-9-6/h4-8H,1-3H3;2*4-7H,1-3H3;3*4-5H,1-3H3,(H,8,9). The number of imidazole rings is 1. The number of hydrogen-bond acceptors (Lipinski definition) is 5.